The molecular formula is C24H19ClF3N5O3. The summed E-state index contributed by atoms with van der Waals surface area (Å²) in [7, 11) is 0. The van der Waals surface area contributed by atoms with Crippen LogP contribution in [-0.2, 0) is 6.54 Å². The number of alkyl halides is 4. The molecule has 36 heavy (non-hydrogen) atoms. The Labute approximate surface area is 208 Å². The van der Waals surface area contributed by atoms with E-state index in [0.717, 1.165) is 0 Å². The van der Waals surface area contributed by atoms with Crippen LogP contribution in [0, 0.1) is 0 Å². The molecule has 0 saturated carbocycles. The van der Waals surface area contributed by atoms with Crippen LogP contribution in [0.5, 0.6) is 5.75 Å². The lowest BCUT2D eigenvalue weighted by Gasteiger charge is -2.21. The third kappa shape index (κ3) is 5.06. The molecule has 2 aliphatic rings. The number of fused-ring (bicyclic) bond motifs is 1. The first-order chi connectivity index (χ1) is 17.2. The molecule has 0 spiro atoms. The standard InChI is InChI=1S/C24H19ClF3N5O3/c25-24(27,28)36-17-3-1-16(2-4-17)32-22(34)14-8-18(21(30-10-14)33-6-5-15(26)12-33)13-7-19-20(29-9-13)11-31-23(19)35/h1-4,7-10,15H,5-6,11-12H2,(H,31,35)(H,32,34)/t15-/m0/s1. The van der Waals surface area contributed by atoms with E-state index in [0.29, 0.717) is 53.4 Å². The molecule has 8 nitrogen and oxygen atoms in total. The van der Waals surface area contributed by atoms with Crippen molar-refractivity contribution in [2.75, 3.05) is 23.3 Å². The van der Waals surface area contributed by atoms with E-state index in [2.05, 4.69) is 25.3 Å². The largest absolute Gasteiger partial charge is 0.487 e. The summed E-state index contributed by atoms with van der Waals surface area (Å²) in [5.74, 6) is -0.447. The highest BCUT2D eigenvalue weighted by molar-refractivity contribution is 6.20. The first-order valence-electron chi connectivity index (χ1n) is 11.0. The van der Waals surface area contributed by atoms with E-state index in [1.54, 1.807) is 23.2 Å². The van der Waals surface area contributed by atoms with E-state index < -0.39 is 17.6 Å². The zero-order valence-electron chi connectivity index (χ0n) is 18.6. The van der Waals surface area contributed by atoms with Gasteiger partial charge in [0.05, 0.1) is 29.9 Å². The van der Waals surface area contributed by atoms with E-state index in [1.165, 1.54) is 30.5 Å². The maximum absolute atomic E-state index is 13.9. The zero-order chi connectivity index (χ0) is 25.4. The number of halogens is 4. The Morgan fingerprint density at radius 3 is 2.64 bits per heavy atom. The van der Waals surface area contributed by atoms with Crippen LogP contribution < -0.4 is 20.3 Å². The summed E-state index contributed by atoms with van der Waals surface area (Å²) < 4.78 is 43.8. The highest BCUT2D eigenvalue weighted by Gasteiger charge is 2.28. The van der Waals surface area contributed by atoms with Crippen LogP contribution in [0.1, 0.15) is 32.8 Å². The van der Waals surface area contributed by atoms with Crippen molar-refractivity contribution in [1.29, 1.82) is 0 Å². The van der Waals surface area contributed by atoms with Gasteiger partial charge in [-0.05, 0) is 42.8 Å². The van der Waals surface area contributed by atoms with Crippen molar-refractivity contribution in [1.82, 2.24) is 15.3 Å². The summed E-state index contributed by atoms with van der Waals surface area (Å²) in [6.07, 6.45) is 2.34. The summed E-state index contributed by atoms with van der Waals surface area (Å²) in [5, 5.41) is 5.38. The molecule has 1 atom stereocenters. The van der Waals surface area contributed by atoms with Crippen molar-refractivity contribution in [3.05, 3.63) is 65.6 Å². The second-order valence-electron chi connectivity index (χ2n) is 8.35. The molecule has 12 heteroatoms. The Kier molecular flexibility index (Phi) is 6.17. The topological polar surface area (TPSA) is 96.4 Å². The second kappa shape index (κ2) is 9.30. The normalized spacial score (nSPS) is 17.1. The van der Waals surface area contributed by atoms with Crippen molar-refractivity contribution < 1.29 is 27.5 Å². The van der Waals surface area contributed by atoms with E-state index in [9.17, 15) is 22.8 Å². The van der Waals surface area contributed by atoms with Gasteiger partial charge in [-0.15, -0.1) is 8.78 Å². The summed E-state index contributed by atoms with van der Waals surface area (Å²) in [5.41, 5.74) is -1.18. The number of hydrogen-bond donors (Lipinski definition) is 2. The number of hydrogen-bond acceptors (Lipinski definition) is 6. The van der Waals surface area contributed by atoms with Gasteiger partial charge in [0.25, 0.3) is 11.8 Å². The molecule has 2 aromatic heterocycles. The summed E-state index contributed by atoms with van der Waals surface area (Å²) >= 11 is 4.76. The molecule has 0 bridgehead atoms. The maximum Gasteiger partial charge on any atom is 0.487 e. The molecule has 2 aliphatic heterocycles. The fraction of sp³-hybridized carbons (Fsp3) is 0.250. The van der Waals surface area contributed by atoms with Crippen LogP contribution in [-0.4, -0.2) is 46.6 Å². The number of nitrogens with zero attached hydrogens (tertiary/aromatic N) is 3. The molecule has 5 rings (SSSR count). The number of benzene rings is 1. The number of ether oxygens (including phenoxy) is 1. The maximum atomic E-state index is 13.9. The molecule has 4 heterocycles. The number of aromatic nitrogens is 2. The van der Waals surface area contributed by atoms with Crippen LogP contribution >= 0.6 is 11.6 Å². The molecule has 1 saturated heterocycles. The number of carbonyl (C=O) groups excluding carboxylic acids is 2. The lowest BCUT2D eigenvalue weighted by molar-refractivity contribution is -0.0964. The predicted molar refractivity (Wildman–Crippen MR) is 126 cm³/mol. The molecule has 0 aliphatic carbocycles. The Hall–Kier alpha value is -3.86. The SMILES string of the molecule is O=C(Nc1ccc(OC(F)(F)Cl)cc1)c1cnc(N2CC[C@H](F)C2)c(-c2cnc3c(c2)C(=O)NC3)c1. The van der Waals surface area contributed by atoms with Crippen molar-refractivity contribution in [2.24, 2.45) is 0 Å². The summed E-state index contributed by atoms with van der Waals surface area (Å²) in [6, 6.07) is 8.52. The van der Waals surface area contributed by atoms with Gasteiger partial charge in [-0.3, -0.25) is 14.6 Å². The van der Waals surface area contributed by atoms with E-state index in [4.69, 9.17) is 11.6 Å². The first-order valence-corrected chi connectivity index (χ1v) is 11.4. The van der Waals surface area contributed by atoms with Crippen LogP contribution in [0.3, 0.4) is 0 Å². The van der Waals surface area contributed by atoms with Gasteiger partial charge < -0.3 is 20.3 Å². The van der Waals surface area contributed by atoms with Crippen LogP contribution in [0.25, 0.3) is 11.1 Å². The number of amides is 2. The van der Waals surface area contributed by atoms with Gasteiger partial charge in [-0.2, -0.15) is 0 Å². The van der Waals surface area contributed by atoms with Gasteiger partial charge >= 0.3 is 5.57 Å². The lowest BCUT2D eigenvalue weighted by Crippen LogP contribution is -2.22. The number of pyridine rings is 2. The number of nitrogens with one attached hydrogen (secondary N) is 2. The summed E-state index contributed by atoms with van der Waals surface area (Å²) in [6.45, 7) is 0.964. The molecule has 0 unspecified atom stereocenters. The van der Waals surface area contributed by atoms with Gasteiger partial charge in [0.1, 0.15) is 17.7 Å². The fourth-order valence-corrected chi connectivity index (χ4v) is 4.23. The predicted octanol–water partition coefficient (Wildman–Crippen LogP) is 4.36. The van der Waals surface area contributed by atoms with Crippen molar-refractivity contribution in [3.8, 4) is 16.9 Å². The average molecular weight is 518 g/mol. The Balaban J connectivity index is 1.44. The van der Waals surface area contributed by atoms with Crippen molar-refractivity contribution >= 4 is 34.9 Å². The Morgan fingerprint density at radius 2 is 1.94 bits per heavy atom. The number of anilines is 2. The van der Waals surface area contributed by atoms with E-state index in [1.807, 2.05) is 0 Å². The second-order valence-corrected chi connectivity index (χ2v) is 8.79. The molecule has 1 aromatic carbocycles. The highest BCUT2D eigenvalue weighted by atomic mass is 35.5. The highest BCUT2D eigenvalue weighted by Crippen LogP contribution is 2.34. The van der Waals surface area contributed by atoms with Crippen LogP contribution in [0.2, 0.25) is 0 Å². The summed E-state index contributed by atoms with van der Waals surface area (Å²) in [4.78, 5) is 35.7. The van der Waals surface area contributed by atoms with Gasteiger partial charge in [0, 0.05) is 47.4 Å². The minimum absolute atomic E-state index is 0.167. The molecule has 186 valence electrons. The van der Waals surface area contributed by atoms with Crippen LogP contribution in [0.15, 0.2) is 48.8 Å². The Morgan fingerprint density at radius 1 is 1.17 bits per heavy atom. The van der Waals surface area contributed by atoms with Gasteiger partial charge in [-0.25, -0.2) is 9.37 Å². The zero-order valence-corrected chi connectivity index (χ0v) is 19.4. The Bertz CT molecular complexity index is 1330. The minimum atomic E-state index is -3.85. The quantitative estimate of drug-likeness (QED) is 0.472. The van der Waals surface area contributed by atoms with E-state index in [-0.39, 0.29) is 23.8 Å². The minimum Gasteiger partial charge on any atom is -0.420 e. The monoisotopic (exact) mass is 517 g/mol. The molecule has 0 radical (unpaired) electrons. The fourth-order valence-electron chi connectivity index (χ4n) is 4.14. The number of rotatable bonds is 6. The molecular weight excluding hydrogens is 499 g/mol. The van der Waals surface area contributed by atoms with Gasteiger partial charge in [0.2, 0.25) is 0 Å². The smallest absolute Gasteiger partial charge is 0.420 e. The molecule has 1 fully saturated rings. The van der Waals surface area contributed by atoms with Crippen molar-refractivity contribution in [3.63, 3.8) is 0 Å². The first kappa shape index (κ1) is 23.9. The molecule has 3 aromatic rings. The van der Waals surface area contributed by atoms with Gasteiger partial charge in [-0.1, -0.05) is 0 Å². The van der Waals surface area contributed by atoms with Gasteiger partial charge in [0.15, 0.2) is 0 Å². The lowest BCUT2D eigenvalue weighted by atomic mass is 10.0. The average Bonchev–Trinajstić information content (AvgIpc) is 3.44. The van der Waals surface area contributed by atoms with Crippen LogP contribution in [0.4, 0.5) is 24.7 Å². The number of carbonyl (C=O) groups is 2. The van der Waals surface area contributed by atoms with Crippen molar-refractivity contribution in [2.45, 2.75) is 24.7 Å². The third-order valence-corrected chi connectivity index (χ3v) is 5.92. The third-order valence-electron chi connectivity index (χ3n) is 5.85. The van der Waals surface area contributed by atoms with E-state index >= 15 is 0 Å². The molecule has 2 amide bonds. The molecule has 2 N–H and O–H groups in total.